The average Bonchev–Trinajstić information content (AvgIpc) is 2.58. The van der Waals surface area contributed by atoms with Gasteiger partial charge in [0.1, 0.15) is 5.82 Å². The van der Waals surface area contributed by atoms with Crippen LogP contribution in [0.5, 0.6) is 0 Å². The molecule has 0 aliphatic carbocycles. The molecule has 0 spiro atoms. The Balaban J connectivity index is 1.74. The van der Waals surface area contributed by atoms with Gasteiger partial charge in [-0.3, -0.25) is 4.98 Å². The van der Waals surface area contributed by atoms with E-state index in [1.165, 1.54) is 16.7 Å². The maximum Gasteiger partial charge on any atom is 0.229 e. The topological polar surface area (TPSA) is 62.7 Å². The van der Waals surface area contributed by atoms with Gasteiger partial charge in [0.2, 0.25) is 5.95 Å². The molecule has 2 aromatic heterocycles. The zero-order valence-electron chi connectivity index (χ0n) is 14.2. The third-order valence-corrected chi connectivity index (χ3v) is 3.79. The Kier molecular flexibility index (Phi) is 4.70. The Morgan fingerprint density at radius 3 is 2.33 bits per heavy atom. The van der Waals surface area contributed by atoms with Crippen LogP contribution < -0.4 is 10.6 Å². The highest BCUT2D eigenvalue weighted by Gasteiger charge is 2.06. The normalized spacial score (nSPS) is 10.5. The number of nitrogens with zero attached hydrogens (tertiary/aromatic N) is 3. The van der Waals surface area contributed by atoms with E-state index in [1.54, 1.807) is 18.6 Å². The van der Waals surface area contributed by atoms with Gasteiger partial charge in [0.05, 0.1) is 0 Å². The van der Waals surface area contributed by atoms with Crippen molar-refractivity contribution in [1.29, 1.82) is 0 Å². The van der Waals surface area contributed by atoms with Crippen molar-refractivity contribution in [3.63, 3.8) is 0 Å². The van der Waals surface area contributed by atoms with Crippen LogP contribution in [0.15, 0.2) is 48.9 Å². The first kappa shape index (κ1) is 15.9. The molecule has 0 amide bonds. The summed E-state index contributed by atoms with van der Waals surface area (Å²) >= 11 is 0. The van der Waals surface area contributed by atoms with Crippen LogP contribution in [0.1, 0.15) is 22.3 Å². The second-order valence-electron chi connectivity index (χ2n) is 5.87. The van der Waals surface area contributed by atoms with Gasteiger partial charge in [-0.25, -0.2) is 4.98 Å². The number of hydrogen-bond donors (Lipinski definition) is 2. The van der Waals surface area contributed by atoms with Crippen LogP contribution in [0.25, 0.3) is 0 Å². The van der Waals surface area contributed by atoms with Crippen LogP contribution in [0.2, 0.25) is 0 Å². The molecule has 0 saturated heterocycles. The molecule has 122 valence electrons. The molecule has 0 aliphatic rings. The van der Waals surface area contributed by atoms with E-state index in [9.17, 15) is 0 Å². The van der Waals surface area contributed by atoms with E-state index in [0.29, 0.717) is 12.5 Å². The molecule has 0 fully saturated rings. The molecule has 0 unspecified atom stereocenters. The summed E-state index contributed by atoms with van der Waals surface area (Å²) in [6.45, 7) is 6.98. The molecular formula is C19H21N5. The van der Waals surface area contributed by atoms with Gasteiger partial charge in [-0.05, 0) is 55.7 Å². The Hall–Kier alpha value is -2.95. The summed E-state index contributed by atoms with van der Waals surface area (Å²) in [6, 6.07) is 10.1. The van der Waals surface area contributed by atoms with Crippen molar-refractivity contribution >= 4 is 17.5 Å². The van der Waals surface area contributed by atoms with E-state index in [1.807, 2.05) is 18.2 Å². The van der Waals surface area contributed by atoms with Crippen molar-refractivity contribution < 1.29 is 0 Å². The molecule has 2 N–H and O–H groups in total. The highest BCUT2D eigenvalue weighted by Crippen LogP contribution is 2.24. The van der Waals surface area contributed by atoms with E-state index in [-0.39, 0.29) is 0 Å². The second kappa shape index (κ2) is 7.08. The Morgan fingerprint density at radius 2 is 1.62 bits per heavy atom. The van der Waals surface area contributed by atoms with Crippen LogP contribution in [0, 0.1) is 20.8 Å². The van der Waals surface area contributed by atoms with Gasteiger partial charge in [0.25, 0.3) is 0 Å². The Bertz CT molecular complexity index is 807. The minimum atomic E-state index is 0.588. The molecule has 5 heteroatoms. The fraction of sp³-hybridized carbons (Fsp3) is 0.211. The number of anilines is 3. The first-order valence-corrected chi connectivity index (χ1v) is 7.92. The van der Waals surface area contributed by atoms with Crippen molar-refractivity contribution in [2.24, 2.45) is 0 Å². The molecule has 0 aliphatic heterocycles. The third kappa shape index (κ3) is 3.87. The van der Waals surface area contributed by atoms with Crippen molar-refractivity contribution in [3.8, 4) is 0 Å². The number of nitrogens with one attached hydrogen (secondary N) is 2. The van der Waals surface area contributed by atoms with Crippen molar-refractivity contribution in [2.45, 2.75) is 27.3 Å². The van der Waals surface area contributed by atoms with E-state index < -0.39 is 0 Å². The minimum Gasteiger partial charge on any atom is -0.366 e. The molecule has 5 nitrogen and oxygen atoms in total. The van der Waals surface area contributed by atoms with Crippen LogP contribution in [0.3, 0.4) is 0 Å². The number of aryl methyl sites for hydroxylation is 3. The lowest BCUT2D eigenvalue weighted by atomic mass is 10.1. The average molecular weight is 319 g/mol. The summed E-state index contributed by atoms with van der Waals surface area (Å²) in [5.74, 6) is 1.37. The number of benzene rings is 1. The lowest BCUT2D eigenvalue weighted by Crippen LogP contribution is -2.05. The van der Waals surface area contributed by atoms with E-state index >= 15 is 0 Å². The fourth-order valence-electron chi connectivity index (χ4n) is 2.70. The number of pyridine rings is 1. The zero-order chi connectivity index (χ0) is 16.9. The van der Waals surface area contributed by atoms with Crippen molar-refractivity contribution in [1.82, 2.24) is 15.0 Å². The largest absolute Gasteiger partial charge is 0.366 e. The summed E-state index contributed by atoms with van der Waals surface area (Å²) in [7, 11) is 0. The van der Waals surface area contributed by atoms with Gasteiger partial charge in [0, 0.05) is 30.8 Å². The van der Waals surface area contributed by atoms with E-state index in [0.717, 1.165) is 17.1 Å². The summed E-state index contributed by atoms with van der Waals surface area (Å²) in [5.41, 5.74) is 5.84. The predicted octanol–water partition coefficient (Wildman–Crippen LogP) is 4.15. The zero-order valence-corrected chi connectivity index (χ0v) is 14.2. The maximum absolute atomic E-state index is 4.54. The second-order valence-corrected chi connectivity index (χ2v) is 5.87. The van der Waals surface area contributed by atoms with Crippen LogP contribution >= 0.6 is 0 Å². The van der Waals surface area contributed by atoms with Gasteiger partial charge >= 0.3 is 0 Å². The molecule has 1 aromatic carbocycles. The van der Waals surface area contributed by atoms with E-state index in [2.05, 4.69) is 58.5 Å². The summed E-state index contributed by atoms with van der Waals surface area (Å²) in [4.78, 5) is 12.9. The Morgan fingerprint density at radius 1 is 0.917 bits per heavy atom. The van der Waals surface area contributed by atoms with E-state index in [4.69, 9.17) is 0 Å². The van der Waals surface area contributed by atoms with Gasteiger partial charge < -0.3 is 10.6 Å². The summed E-state index contributed by atoms with van der Waals surface area (Å²) in [5, 5.41) is 6.64. The van der Waals surface area contributed by atoms with Crippen molar-refractivity contribution in [2.75, 3.05) is 10.6 Å². The lowest BCUT2D eigenvalue weighted by molar-refractivity contribution is 1.07. The number of rotatable bonds is 5. The molecule has 0 radical (unpaired) electrons. The lowest BCUT2D eigenvalue weighted by Gasteiger charge is -2.13. The molecule has 0 saturated carbocycles. The van der Waals surface area contributed by atoms with Crippen LogP contribution in [0.4, 0.5) is 17.5 Å². The number of aromatic nitrogens is 3. The first-order chi connectivity index (χ1) is 11.6. The minimum absolute atomic E-state index is 0.588. The molecule has 0 bridgehead atoms. The molecule has 0 atom stereocenters. The van der Waals surface area contributed by atoms with Gasteiger partial charge in [-0.2, -0.15) is 4.98 Å². The smallest absolute Gasteiger partial charge is 0.229 e. The molecular weight excluding hydrogens is 298 g/mol. The molecule has 2 heterocycles. The standard InChI is InChI=1S/C19H21N5/c1-13-10-14(2)18(15(3)11-13)24-19-21-9-6-17(23-19)22-12-16-4-7-20-8-5-16/h4-11H,12H2,1-3H3,(H2,21,22,23,24). The predicted molar refractivity (Wildman–Crippen MR) is 97.5 cm³/mol. The summed E-state index contributed by atoms with van der Waals surface area (Å²) in [6.07, 6.45) is 5.32. The number of hydrogen-bond acceptors (Lipinski definition) is 5. The molecule has 24 heavy (non-hydrogen) atoms. The van der Waals surface area contributed by atoms with Gasteiger partial charge in [0.15, 0.2) is 0 Å². The SMILES string of the molecule is Cc1cc(C)c(Nc2nccc(NCc3ccncc3)n2)c(C)c1. The maximum atomic E-state index is 4.54. The van der Waals surface area contributed by atoms with Crippen LogP contribution in [-0.4, -0.2) is 15.0 Å². The highest BCUT2D eigenvalue weighted by atomic mass is 15.1. The fourth-order valence-corrected chi connectivity index (χ4v) is 2.70. The van der Waals surface area contributed by atoms with Crippen molar-refractivity contribution in [3.05, 3.63) is 71.2 Å². The first-order valence-electron chi connectivity index (χ1n) is 7.92. The quantitative estimate of drug-likeness (QED) is 0.739. The Labute approximate surface area is 142 Å². The van der Waals surface area contributed by atoms with Gasteiger partial charge in [-0.15, -0.1) is 0 Å². The summed E-state index contributed by atoms with van der Waals surface area (Å²) < 4.78 is 0. The highest BCUT2D eigenvalue weighted by molar-refractivity contribution is 5.64. The van der Waals surface area contributed by atoms with Crippen LogP contribution in [-0.2, 0) is 6.54 Å². The monoisotopic (exact) mass is 319 g/mol. The molecule has 3 rings (SSSR count). The molecule has 3 aromatic rings. The third-order valence-electron chi connectivity index (χ3n) is 3.79. The van der Waals surface area contributed by atoms with Gasteiger partial charge in [-0.1, -0.05) is 17.7 Å².